The van der Waals surface area contributed by atoms with Crippen LogP contribution in [0.15, 0.2) is 30.2 Å². The lowest BCUT2D eigenvalue weighted by atomic mass is 9.74. The molecule has 8 heteroatoms. The van der Waals surface area contributed by atoms with Crippen molar-refractivity contribution in [1.82, 2.24) is 4.98 Å². The number of ether oxygens (including phenoxy) is 2. The second-order valence-corrected chi connectivity index (χ2v) is 11.3. The minimum absolute atomic E-state index is 0.112. The van der Waals surface area contributed by atoms with Crippen LogP contribution in [-0.4, -0.2) is 50.5 Å². The first-order valence-corrected chi connectivity index (χ1v) is 13.0. The van der Waals surface area contributed by atoms with Gasteiger partial charge in [-0.2, -0.15) is 0 Å². The van der Waals surface area contributed by atoms with Crippen LogP contribution in [0.1, 0.15) is 85.3 Å². The number of ketones is 1. The summed E-state index contributed by atoms with van der Waals surface area (Å²) in [6.07, 6.45) is 2.39. The van der Waals surface area contributed by atoms with Crippen LogP contribution in [0, 0.1) is 17.3 Å². The van der Waals surface area contributed by atoms with Crippen LogP contribution in [-0.2, 0) is 19.1 Å². The van der Waals surface area contributed by atoms with E-state index in [1.165, 1.54) is 6.20 Å². The topological polar surface area (TPSA) is 109 Å². The van der Waals surface area contributed by atoms with E-state index in [-0.39, 0.29) is 36.2 Å². The van der Waals surface area contributed by atoms with Crippen molar-refractivity contribution in [2.24, 2.45) is 17.3 Å². The maximum atomic E-state index is 15.4. The molecule has 3 rings (SSSR count). The number of carbonyl (C=O) groups is 2. The van der Waals surface area contributed by atoms with Crippen molar-refractivity contribution in [1.29, 1.82) is 0 Å². The quantitative estimate of drug-likeness (QED) is 0.450. The predicted molar refractivity (Wildman–Crippen MR) is 133 cm³/mol. The number of rotatable bonds is 3. The molecule has 0 bridgehead atoms. The molecular weight excluding hydrogens is 465 g/mol. The fraction of sp³-hybridized carbons (Fsp3) is 0.679. The molecule has 0 radical (unpaired) electrons. The Kier molecular flexibility index (Phi) is 8.74. The normalized spacial score (nSPS) is 36.6. The molecule has 2 saturated heterocycles. The fourth-order valence-electron chi connectivity index (χ4n) is 5.22. The molecule has 1 aromatic heterocycles. The number of aromatic nitrogens is 1. The molecule has 36 heavy (non-hydrogen) atoms. The van der Waals surface area contributed by atoms with E-state index in [1.54, 1.807) is 25.1 Å². The smallest absolute Gasteiger partial charge is 0.306 e. The maximum absolute atomic E-state index is 15.4. The van der Waals surface area contributed by atoms with Crippen LogP contribution in [0.2, 0.25) is 0 Å². The van der Waals surface area contributed by atoms with E-state index in [0.29, 0.717) is 12.8 Å². The summed E-state index contributed by atoms with van der Waals surface area (Å²) < 4.78 is 26.4. The van der Waals surface area contributed by atoms with Gasteiger partial charge in [-0.3, -0.25) is 14.6 Å². The molecule has 6 unspecified atom stereocenters. The highest BCUT2D eigenvalue weighted by Gasteiger charge is 2.72. The van der Waals surface area contributed by atoms with Gasteiger partial charge in [0.1, 0.15) is 17.2 Å². The lowest BCUT2D eigenvalue weighted by Gasteiger charge is -2.30. The Bertz CT molecular complexity index is 966. The van der Waals surface area contributed by atoms with Gasteiger partial charge >= 0.3 is 5.97 Å². The molecule has 2 aliphatic heterocycles. The van der Waals surface area contributed by atoms with Gasteiger partial charge in [0.05, 0.1) is 5.69 Å². The molecule has 0 aliphatic carbocycles. The van der Waals surface area contributed by atoms with Crippen molar-refractivity contribution >= 4 is 17.8 Å². The number of aliphatic hydroxyl groups excluding tert-OH is 1. The highest BCUT2D eigenvalue weighted by atomic mass is 19.1. The van der Waals surface area contributed by atoms with Gasteiger partial charge in [0.25, 0.3) is 0 Å². The highest BCUT2D eigenvalue weighted by Crippen LogP contribution is 2.53. The Morgan fingerprint density at radius 2 is 1.97 bits per heavy atom. The molecule has 200 valence electrons. The summed E-state index contributed by atoms with van der Waals surface area (Å²) in [5.41, 5.74) is -1.60. The molecule has 3 heterocycles. The first kappa shape index (κ1) is 28.4. The number of aliphatic hydroxyl groups is 2. The average Bonchev–Trinajstić information content (AvgIpc) is 3.40. The first-order valence-electron chi connectivity index (χ1n) is 13.0. The monoisotopic (exact) mass is 505 g/mol. The maximum Gasteiger partial charge on any atom is 0.306 e. The molecule has 7 nitrogen and oxygen atoms in total. The molecule has 2 N–H and O–H groups in total. The van der Waals surface area contributed by atoms with Crippen molar-refractivity contribution in [2.75, 3.05) is 0 Å². The molecule has 0 aromatic carbocycles. The number of hydrogen-bond acceptors (Lipinski definition) is 7. The van der Waals surface area contributed by atoms with Crippen LogP contribution in [0.4, 0.5) is 4.39 Å². The van der Waals surface area contributed by atoms with Gasteiger partial charge in [0.2, 0.25) is 5.79 Å². The Morgan fingerprint density at radius 1 is 1.25 bits per heavy atom. The van der Waals surface area contributed by atoms with Crippen LogP contribution in [0.5, 0.6) is 0 Å². The second-order valence-electron chi connectivity index (χ2n) is 11.3. The third-order valence-corrected chi connectivity index (χ3v) is 7.81. The summed E-state index contributed by atoms with van der Waals surface area (Å²) in [5.74, 6) is -3.52. The molecule has 6 atom stereocenters. The summed E-state index contributed by atoms with van der Waals surface area (Å²) >= 11 is 0. The number of cyclic esters (lactones) is 1. The first-order chi connectivity index (χ1) is 16.8. The van der Waals surface area contributed by atoms with Crippen LogP contribution in [0.25, 0.3) is 6.08 Å². The van der Waals surface area contributed by atoms with Crippen molar-refractivity contribution < 1.29 is 33.7 Å². The second kappa shape index (κ2) is 11.1. The molecule has 0 spiro atoms. The van der Waals surface area contributed by atoms with E-state index in [0.717, 1.165) is 25.3 Å². The third kappa shape index (κ3) is 6.21. The number of halogens is 1. The Hall–Kier alpha value is -2.16. The number of hydrogen-bond donors (Lipinski definition) is 2. The van der Waals surface area contributed by atoms with E-state index < -0.39 is 40.8 Å². The van der Waals surface area contributed by atoms with E-state index in [9.17, 15) is 19.8 Å². The van der Waals surface area contributed by atoms with Gasteiger partial charge in [-0.05, 0) is 56.7 Å². The minimum atomic E-state index is -2.06. The van der Waals surface area contributed by atoms with Gasteiger partial charge in [-0.25, -0.2) is 4.39 Å². The van der Waals surface area contributed by atoms with E-state index in [1.807, 2.05) is 20.8 Å². The summed E-state index contributed by atoms with van der Waals surface area (Å²) in [4.78, 5) is 30.2. The molecule has 0 saturated carbocycles. The van der Waals surface area contributed by atoms with Crippen molar-refractivity contribution in [3.8, 4) is 0 Å². The SMILES string of the molecule is CCC1CC(C)CCCC2(C)OC2(O)C(O)C(C(F)=Cc2ccccn2)OC(=O)CCC(C)(C)C1=O. The summed E-state index contributed by atoms with van der Waals surface area (Å²) in [6, 6.07) is 4.91. The van der Waals surface area contributed by atoms with Gasteiger partial charge in [0, 0.05) is 24.0 Å². The number of nitrogens with zero attached hydrogens (tertiary/aromatic N) is 1. The van der Waals surface area contributed by atoms with Crippen LogP contribution in [0.3, 0.4) is 0 Å². The Balaban J connectivity index is 1.91. The van der Waals surface area contributed by atoms with Crippen LogP contribution < -0.4 is 0 Å². The van der Waals surface area contributed by atoms with Gasteiger partial charge in [0.15, 0.2) is 12.2 Å². The van der Waals surface area contributed by atoms with Gasteiger partial charge in [-0.15, -0.1) is 0 Å². The standard InChI is InChI=1S/C28H40FNO6/c1-6-19-16-18(2)10-9-13-27(5)28(34,36-27)25(33)23(21(29)17-20-11-7-8-15-30-20)35-22(31)12-14-26(3,4)24(19)32/h7-8,11,15,17-19,23,25,33-34H,6,9-10,12-14,16H2,1-5H3. The van der Waals surface area contributed by atoms with Crippen molar-refractivity contribution in [2.45, 2.75) is 103 Å². The van der Waals surface area contributed by atoms with E-state index >= 15 is 4.39 Å². The Morgan fingerprint density at radius 3 is 2.61 bits per heavy atom. The lowest BCUT2D eigenvalue weighted by molar-refractivity contribution is -0.167. The highest BCUT2D eigenvalue weighted by molar-refractivity contribution is 5.86. The van der Waals surface area contributed by atoms with Crippen LogP contribution >= 0.6 is 0 Å². The molecule has 2 fully saturated rings. The van der Waals surface area contributed by atoms with Crippen molar-refractivity contribution in [3.05, 3.63) is 35.9 Å². The third-order valence-electron chi connectivity index (χ3n) is 7.81. The number of esters is 1. The number of epoxide rings is 1. The van der Waals surface area contributed by atoms with Gasteiger partial charge in [-0.1, -0.05) is 46.6 Å². The zero-order valence-corrected chi connectivity index (χ0v) is 22.0. The fourth-order valence-corrected chi connectivity index (χ4v) is 5.22. The summed E-state index contributed by atoms with van der Waals surface area (Å²) in [5, 5.41) is 22.1. The molecule has 1 aromatic rings. The zero-order chi connectivity index (χ0) is 26.7. The largest absolute Gasteiger partial charge is 0.452 e. The number of carbonyl (C=O) groups excluding carboxylic acids is 2. The summed E-state index contributed by atoms with van der Waals surface area (Å²) in [6.45, 7) is 9.40. The average molecular weight is 506 g/mol. The number of fused-ring (bicyclic) bond motifs is 1. The Labute approximate surface area is 213 Å². The predicted octanol–water partition coefficient (Wildman–Crippen LogP) is 4.75. The molecule has 2 aliphatic rings. The van der Waals surface area contributed by atoms with Gasteiger partial charge < -0.3 is 19.7 Å². The minimum Gasteiger partial charge on any atom is -0.452 e. The lowest BCUT2D eigenvalue weighted by Crippen LogP contribution is -2.46. The summed E-state index contributed by atoms with van der Waals surface area (Å²) in [7, 11) is 0. The van der Waals surface area contributed by atoms with E-state index in [4.69, 9.17) is 9.47 Å². The van der Waals surface area contributed by atoms with E-state index in [2.05, 4.69) is 11.9 Å². The zero-order valence-electron chi connectivity index (χ0n) is 22.0. The number of pyridine rings is 1. The number of Topliss-reactive ketones (excluding diaryl/α,β-unsaturated/α-hetero) is 1. The van der Waals surface area contributed by atoms with Crippen molar-refractivity contribution in [3.63, 3.8) is 0 Å². The molecular formula is C28H40FNO6. The molecule has 0 amide bonds.